The third kappa shape index (κ3) is 3.56. The second-order valence-corrected chi connectivity index (χ2v) is 6.80. The molecule has 0 unspecified atom stereocenters. The summed E-state index contributed by atoms with van der Waals surface area (Å²) in [5.74, 6) is 0. The zero-order valence-corrected chi connectivity index (χ0v) is 14.8. The molecule has 0 atom stereocenters. The SMILES string of the molecule is Brc1ccc(Nc2ccc(Br)c(Br)c2)cc1Br. The van der Waals surface area contributed by atoms with Crippen molar-refractivity contribution in [2.45, 2.75) is 0 Å². The van der Waals surface area contributed by atoms with Crippen LogP contribution in [0.4, 0.5) is 11.4 Å². The van der Waals surface area contributed by atoms with E-state index < -0.39 is 0 Å². The number of rotatable bonds is 2. The molecule has 0 saturated carbocycles. The number of halogens is 4. The lowest BCUT2D eigenvalue weighted by Gasteiger charge is -2.08. The van der Waals surface area contributed by atoms with Crippen LogP contribution >= 0.6 is 63.7 Å². The van der Waals surface area contributed by atoms with Gasteiger partial charge in [0.15, 0.2) is 0 Å². The van der Waals surface area contributed by atoms with Crippen LogP contribution in [0, 0.1) is 0 Å². The lowest BCUT2D eigenvalue weighted by molar-refractivity contribution is 1.49. The standard InChI is InChI=1S/C12H7Br4N/c13-9-3-1-7(5-11(9)15)17-8-2-4-10(14)12(16)6-8/h1-6,17H. The van der Waals surface area contributed by atoms with E-state index in [4.69, 9.17) is 0 Å². The highest BCUT2D eigenvalue weighted by atomic mass is 79.9. The van der Waals surface area contributed by atoms with Crippen molar-refractivity contribution < 1.29 is 0 Å². The maximum atomic E-state index is 3.48. The van der Waals surface area contributed by atoms with E-state index in [1.165, 1.54) is 0 Å². The molecular weight excluding hydrogens is 478 g/mol. The highest BCUT2D eigenvalue weighted by molar-refractivity contribution is 9.13. The fraction of sp³-hybridized carbons (Fsp3) is 0. The van der Waals surface area contributed by atoms with Gasteiger partial charge in [0.05, 0.1) is 0 Å². The molecule has 0 aliphatic rings. The van der Waals surface area contributed by atoms with Crippen molar-refractivity contribution >= 4 is 75.1 Å². The van der Waals surface area contributed by atoms with Crippen molar-refractivity contribution in [1.82, 2.24) is 0 Å². The highest BCUT2D eigenvalue weighted by Gasteiger charge is 2.01. The first-order valence-electron chi connectivity index (χ1n) is 4.73. The van der Waals surface area contributed by atoms with Gasteiger partial charge in [0.1, 0.15) is 0 Å². The van der Waals surface area contributed by atoms with Crippen LogP contribution in [0.2, 0.25) is 0 Å². The normalized spacial score (nSPS) is 10.4. The molecule has 0 spiro atoms. The van der Waals surface area contributed by atoms with Crippen molar-refractivity contribution in [2.24, 2.45) is 0 Å². The molecular formula is C12H7Br4N. The molecule has 2 aromatic carbocycles. The second-order valence-electron chi connectivity index (χ2n) is 3.38. The van der Waals surface area contributed by atoms with Gasteiger partial charge in [-0.05, 0) is 100 Å². The molecule has 0 aromatic heterocycles. The predicted octanol–water partition coefficient (Wildman–Crippen LogP) is 6.48. The zero-order valence-electron chi connectivity index (χ0n) is 8.48. The van der Waals surface area contributed by atoms with E-state index in [0.717, 1.165) is 29.3 Å². The van der Waals surface area contributed by atoms with Crippen molar-refractivity contribution in [3.8, 4) is 0 Å². The van der Waals surface area contributed by atoms with E-state index in [2.05, 4.69) is 69.0 Å². The van der Waals surface area contributed by atoms with Crippen LogP contribution < -0.4 is 5.32 Å². The Labute approximate surface area is 134 Å². The second kappa shape index (κ2) is 5.87. The Hall–Kier alpha value is 0.160. The first-order valence-corrected chi connectivity index (χ1v) is 7.90. The molecule has 0 bridgehead atoms. The summed E-state index contributed by atoms with van der Waals surface area (Å²) >= 11 is 13.9. The number of benzene rings is 2. The van der Waals surface area contributed by atoms with E-state index in [-0.39, 0.29) is 0 Å². The molecule has 5 heteroatoms. The van der Waals surface area contributed by atoms with Gasteiger partial charge in [0, 0.05) is 29.3 Å². The van der Waals surface area contributed by atoms with Gasteiger partial charge in [-0.2, -0.15) is 0 Å². The predicted molar refractivity (Wildman–Crippen MR) is 87.0 cm³/mol. The fourth-order valence-corrected chi connectivity index (χ4v) is 2.57. The summed E-state index contributed by atoms with van der Waals surface area (Å²) in [5.41, 5.74) is 2.07. The van der Waals surface area contributed by atoms with Crippen molar-refractivity contribution in [1.29, 1.82) is 0 Å². The highest BCUT2D eigenvalue weighted by Crippen LogP contribution is 2.30. The molecule has 0 aliphatic heterocycles. The smallest absolute Gasteiger partial charge is 0.0396 e. The number of hydrogen-bond acceptors (Lipinski definition) is 1. The van der Waals surface area contributed by atoms with Gasteiger partial charge in [-0.25, -0.2) is 0 Å². The Morgan fingerprint density at radius 1 is 0.588 bits per heavy atom. The van der Waals surface area contributed by atoms with Crippen LogP contribution in [0.5, 0.6) is 0 Å². The summed E-state index contributed by atoms with van der Waals surface area (Å²) in [6, 6.07) is 12.1. The van der Waals surface area contributed by atoms with Crippen LogP contribution in [0.25, 0.3) is 0 Å². The van der Waals surface area contributed by atoms with Gasteiger partial charge in [0.2, 0.25) is 0 Å². The number of hydrogen-bond donors (Lipinski definition) is 1. The van der Waals surface area contributed by atoms with Crippen LogP contribution in [0.1, 0.15) is 0 Å². The third-order valence-electron chi connectivity index (χ3n) is 2.13. The van der Waals surface area contributed by atoms with Gasteiger partial charge in [-0.1, -0.05) is 0 Å². The third-order valence-corrected chi connectivity index (χ3v) is 5.89. The monoisotopic (exact) mass is 481 g/mol. The van der Waals surface area contributed by atoms with Crippen molar-refractivity contribution in [3.05, 3.63) is 54.3 Å². The molecule has 0 saturated heterocycles. The van der Waals surface area contributed by atoms with Crippen molar-refractivity contribution in [3.63, 3.8) is 0 Å². The summed E-state index contributed by atoms with van der Waals surface area (Å²) in [7, 11) is 0. The molecule has 0 amide bonds. The first kappa shape index (κ1) is 13.6. The molecule has 1 N–H and O–H groups in total. The Morgan fingerprint density at radius 2 is 1.00 bits per heavy atom. The van der Waals surface area contributed by atoms with E-state index in [1.54, 1.807) is 0 Å². The molecule has 1 nitrogen and oxygen atoms in total. The summed E-state index contributed by atoms with van der Waals surface area (Å²) in [4.78, 5) is 0. The largest absolute Gasteiger partial charge is 0.355 e. The number of nitrogens with one attached hydrogen (secondary N) is 1. The fourth-order valence-electron chi connectivity index (χ4n) is 1.31. The molecule has 0 heterocycles. The minimum atomic E-state index is 1.03. The summed E-state index contributed by atoms with van der Waals surface area (Å²) in [6.07, 6.45) is 0. The van der Waals surface area contributed by atoms with Gasteiger partial charge in [-0.3, -0.25) is 0 Å². The molecule has 0 aliphatic carbocycles. The van der Waals surface area contributed by atoms with Crippen LogP contribution in [-0.2, 0) is 0 Å². The lowest BCUT2D eigenvalue weighted by atomic mass is 10.3. The average Bonchev–Trinajstić information content (AvgIpc) is 2.29. The molecule has 2 rings (SSSR count). The van der Waals surface area contributed by atoms with E-state index in [0.29, 0.717) is 0 Å². The Balaban J connectivity index is 2.25. The van der Waals surface area contributed by atoms with Crippen LogP contribution in [0.3, 0.4) is 0 Å². The average molecular weight is 485 g/mol. The lowest BCUT2D eigenvalue weighted by Crippen LogP contribution is -1.90. The van der Waals surface area contributed by atoms with Crippen molar-refractivity contribution in [2.75, 3.05) is 5.32 Å². The van der Waals surface area contributed by atoms with Gasteiger partial charge in [-0.15, -0.1) is 0 Å². The van der Waals surface area contributed by atoms with Gasteiger partial charge >= 0.3 is 0 Å². The molecule has 0 fully saturated rings. The summed E-state index contributed by atoms with van der Waals surface area (Å²) in [6.45, 7) is 0. The number of anilines is 2. The topological polar surface area (TPSA) is 12.0 Å². The van der Waals surface area contributed by atoms with E-state index in [1.807, 2.05) is 36.4 Å². The minimum absolute atomic E-state index is 1.03. The van der Waals surface area contributed by atoms with Gasteiger partial charge in [0.25, 0.3) is 0 Å². The summed E-state index contributed by atoms with van der Waals surface area (Å²) in [5, 5.41) is 3.34. The maximum absolute atomic E-state index is 3.48. The first-order chi connectivity index (χ1) is 8.06. The Morgan fingerprint density at radius 3 is 1.35 bits per heavy atom. The van der Waals surface area contributed by atoms with E-state index >= 15 is 0 Å². The molecule has 0 radical (unpaired) electrons. The maximum Gasteiger partial charge on any atom is 0.0396 e. The zero-order chi connectivity index (χ0) is 12.4. The minimum Gasteiger partial charge on any atom is -0.355 e. The van der Waals surface area contributed by atoms with E-state index in [9.17, 15) is 0 Å². The van der Waals surface area contributed by atoms with Gasteiger partial charge < -0.3 is 5.32 Å². The quantitative estimate of drug-likeness (QED) is 0.514. The summed E-state index contributed by atoms with van der Waals surface area (Å²) < 4.78 is 4.14. The molecule has 88 valence electrons. The Kier molecular flexibility index (Phi) is 4.69. The van der Waals surface area contributed by atoms with Crippen LogP contribution in [-0.4, -0.2) is 0 Å². The Bertz CT molecular complexity index is 505. The molecule has 2 aromatic rings. The molecule has 17 heavy (non-hydrogen) atoms. The van der Waals surface area contributed by atoms with Crippen LogP contribution in [0.15, 0.2) is 54.3 Å².